The monoisotopic (exact) mass is 285 g/mol. The molecule has 0 saturated heterocycles. The molecule has 1 fully saturated rings. The predicted molar refractivity (Wildman–Crippen MR) is 76.4 cm³/mol. The number of rotatable bonds is 6. The number of carbonyl (C=O) groups excluding carboxylic acids is 1. The molecule has 1 rings (SSSR count). The molecule has 0 unspecified atom stereocenters. The third kappa shape index (κ3) is 6.89. The molecule has 1 aliphatic carbocycles. The molecule has 0 aromatic rings. The van der Waals surface area contributed by atoms with Crippen LogP contribution in [0.3, 0.4) is 0 Å². The van der Waals surface area contributed by atoms with Gasteiger partial charge in [0.05, 0.1) is 12.5 Å². The SMILES string of the molecule is CC(C)(C)OC(=O)CNCCC1CCC(C(=O)O)CC1. The van der Waals surface area contributed by atoms with Crippen LogP contribution in [0.5, 0.6) is 0 Å². The van der Waals surface area contributed by atoms with Gasteiger partial charge in [0, 0.05) is 0 Å². The van der Waals surface area contributed by atoms with E-state index in [2.05, 4.69) is 5.32 Å². The molecule has 0 bridgehead atoms. The predicted octanol–water partition coefficient (Wildman–Crippen LogP) is 2.20. The first-order valence-electron chi connectivity index (χ1n) is 7.43. The number of aliphatic carboxylic acids is 1. The summed E-state index contributed by atoms with van der Waals surface area (Å²) in [5.74, 6) is -0.462. The lowest BCUT2D eigenvalue weighted by atomic mass is 9.80. The molecule has 116 valence electrons. The molecule has 5 heteroatoms. The van der Waals surface area contributed by atoms with Gasteiger partial charge in [-0.05, 0) is 65.3 Å². The number of hydrogen-bond acceptors (Lipinski definition) is 4. The zero-order valence-corrected chi connectivity index (χ0v) is 12.8. The van der Waals surface area contributed by atoms with Gasteiger partial charge in [0.1, 0.15) is 5.60 Å². The summed E-state index contributed by atoms with van der Waals surface area (Å²) in [6.45, 7) is 6.58. The van der Waals surface area contributed by atoms with E-state index in [1.807, 2.05) is 20.8 Å². The molecular formula is C15H27NO4. The Morgan fingerprint density at radius 2 is 1.80 bits per heavy atom. The van der Waals surface area contributed by atoms with Crippen molar-refractivity contribution in [2.24, 2.45) is 11.8 Å². The molecule has 0 aliphatic heterocycles. The fraction of sp³-hybridized carbons (Fsp3) is 0.867. The molecule has 0 radical (unpaired) electrons. The summed E-state index contributed by atoms with van der Waals surface area (Å²) in [6.07, 6.45) is 4.52. The van der Waals surface area contributed by atoms with Crippen molar-refractivity contribution >= 4 is 11.9 Å². The highest BCUT2D eigenvalue weighted by Gasteiger charge is 2.25. The Morgan fingerprint density at radius 3 is 2.30 bits per heavy atom. The second kappa shape index (κ2) is 7.62. The van der Waals surface area contributed by atoms with Crippen LogP contribution in [0, 0.1) is 11.8 Å². The minimum absolute atomic E-state index is 0.152. The Labute approximate surface area is 121 Å². The molecule has 0 heterocycles. The highest BCUT2D eigenvalue weighted by molar-refractivity contribution is 5.72. The van der Waals surface area contributed by atoms with Gasteiger partial charge in [-0.25, -0.2) is 0 Å². The lowest BCUT2D eigenvalue weighted by Gasteiger charge is -2.26. The van der Waals surface area contributed by atoms with Gasteiger partial charge in [0.2, 0.25) is 0 Å². The maximum atomic E-state index is 11.5. The van der Waals surface area contributed by atoms with Crippen LogP contribution >= 0.6 is 0 Å². The van der Waals surface area contributed by atoms with Gasteiger partial charge in [-0.3, -0.25) is 9.59 Å². The van der Waals surface area contributed by atoms with Gasteiger partial charge in [-0.15, -0.1) is 0 Å². The smallest absolute Gasteiger partial charge is 0.320 e. The number of nitrogens with one attached hydrogen (secondary N) is 1. The van der Waals surface area contributed by atoms with E-state index in [1.54, 1.807) is 0 Å². The van der Waals surface area contributed by atoms with Gasteiger partial charge >= 0.3 is 11.9 Å². The van der Waals surface area contributed by atoms with E-state index < -0.39 is 11.6 Å². The van der Waals surface area contributed by atoms with Crippen molar-refractivity contribution in [3.8, 4) is 0 Å². The minimum atomic E-state index is -0.661. The second-order valence-electron chi connectivity index (χ2n) is 6.61. The summed E-state index contributed by atoms with van der Waals surface area (Å²) in [5.41, 5.74) is -0.437. The van der Waals surface area contributed by atoms with Crippen LogP contribution in [0.4, 0.5) is 0 Å². The molecule has 2 N–H and O–H groups in total. The summed E-state index contributed by atoms with van der Waals surface area (Å²) in [7, 11) is 0. The summed E-state index contributed by atoms with van der Waals surface area (Å²) < 4.78 is 5.20. The standard InChI is InChI=1S/C15H27NO4/c1-15(2,3)20-13(17)10-16-9-8-11-4-6-12(7-5-11)14(18)19/h11-12,16H,4-10H2,1-3H3,(H,18,19). The average Bonchev–Trinajstić information content (AvgIpc) is 2.33. The van der Waals surface area contributed by atoms with Gasteiger partial charge in [0.15, 0.2) is 0 Å². The molecule has 0 atom stereocenters. The Kier molecular flexibility index (Phi) is 6.46. The molecule has 0 aromatic heterocycles. The summed E-state index contributed by atoms with van der Waals surface area (Å²) in [4.78, 5) is 22.3. The number of hydrogen-bond donors (Lipinski definition) is 2. The lowest BCUT2D eigenvalue weighted by molar-refractivity contribution is -0.153. The molecule has 0 amide bonds. The van der Waals surface area contributed by atoms with Crippen LogP contribution in [-0.2, 0) is 14.3 Å². The maximum absolute atomic E-state index is 11.5. The number of carboxylic acid groups (broad SMARTS) is 1. The van der Waals surface area contributed by atoms with Crippen LogP contribution in [0.15, 0.2) is 0 Å². The van der Waals surface area contributed by atoms with E-state index in [1.165, 1.54) is 0 Å². The highest BCUT2D eigenvalue weighted by atomic mass is 16.6. The van der Waals surface area contributed by atoms with Crippen molar-refractivity contribution in [3.05, 3.63) is 0 Å². The van der Waals surface area contributed by atoms with Crippen LogP contribution < -0.4 is 5.32 Å². The summed E-state index contributed by atoms with van der Waals surface area (Å²) >= 11 is 0. The van der Waals surface area contributed by atoms with Crippen molar-refractivity contribution in [3.63, 3.8) is 0 Å². The summed E-state index contributed by atoms with van der Waals surface area (Å²) in [5, 5.41) is 12.0. The van der Waals surface area contributed by atoms with Gasteiger partial charge < -0.3 is 15.2 Å². The van der Waals surface area contributed by atoms with E-state index in [0.717, 1.165) is 38.6 Å². The van der Waals surface area contributed by atoms with E-state index in [4.69, 9.17) is 9.84 Å². The van der Waals surface area contributed by atoms with Crippen LogP contribution in [0.1, 0.15) is 52.9 Å². The van der Waals surface area contributed by atoms with E-state index in [0.29, 0.717) is 5.92 Å². The summed E-state index contributed by atoms with van der Waals surface area (Å²) in [6, 6.07) is 0. The Morgan fingerprint density at radius 1 is 1.20 bits per heavy atom. The Hall–Kier alpha value is -1.10. The molecule has 1 aliphatic rings. The third-order valence-corrected chi connectivity index (χ3v) is 3.61. The number of ether oxygens (including phenoxy) is 1. The van der Waals surface area contributed by atoms with Crippen LogP contribution in [0.25, 0.3) is 0 Å². The molecular weight excluding hydrogens is 258 g/mol. The molecule has 0 spiro atoms. The lowest BCUT2D eigenvalue weighted by Crippen LogP contribution is -2.32. The fourth-order valence-corrected chi connectivity index (χ4v) is 2.57. The van der Waals surface area contributed by atoms with E-state index in [-0.39, 0.29) is 18.4 Å². The number of carbonyl (C=O) groups is 2. The average molecular weight is 285 g/mol. The zero-order valence-electron chi connectivity index (χ0n) is 12.8. The van der Waals surface area contributed by atoms with Crippen molar-refractivity contribution in [2.45, 2.75) is 58.5 Å². The molecule has 0 aromatic carbocycles. The minimum Gasteiger partial charge on any atom is -0.481 e. The zero-order chi connectivity index (χ0) is 15.2. The largest absolute Gasteiger partial charge is 0.481 e. The van der Waals surface area contributed by atoms with Crippen LogP contribution in [-0.4, -0.2) is 35.7 Å². The molecule has 5 nitrogen and oxygen atoms in total. The molecule has 20 heavy (non-hydrogen) atoms. The maximum Gasteiger partial charge on any atom is 0.320 e. The third-order valence-electron chi connectivity index (χ3n) is 3.61. The van der Waals surface area contributed by atoms with Gasteiger partial charge in [-0.2, -0.15) is 0 Å². The Balaban J connectivity index is 2.08. The van der Waals surface area contributed by atoms with Crippen LogP contribution in [0.2, 0.25) is 0 Å². The topological polar surface area (TPSA) is 75.6 Å². The highest BCUT2D eigenvalue weighted by Crippen LogP contribution is 2.30. The van der Waals surface area contributed by atoms with E-state index in [9.17, 15) is 9.59 Å². The van der Waals surface area contributed by atoms with Crippen molar-refractivity contribution in [2.75, 3.05) is 13.1 Å². The van der Waals surface area contributed by atoms with Crippen molar-refractivity contribution in [1.29, 1.82) is 0 Å². The normalized spacial score (nSPS) is 23.4. The number of carboxylic acids is 1. The van der Waals surface area contributed by atoms with Crippen molar-refractivity contribution in [1.82, 2.24) is 5.32 Å². The fourth-order valence-electron chi connectivity index (χ4n) is 2.57. The first-order chi connectivity index (χ1) is 9.28. The first-order valence-corrected chi connectivity index (χ1v) is 7.43. The quantitative estimate of drug-likeness (QED) is 0.578. The van der Waals surface area contributed by atoms with Crippen molar-refractivity contribution < 1.29 is 19.4 Å². The van der Waals surface area contributed by atoms with Gasteiger partial charge in [0.25, 0.3) is 0 Å². The molecule has 1 saturated carbocycles. The number of esters is 1. The first kappa shape index (κ1) is 17.0. The van der Waals surface area contributed by atoms with E-state index >= 15 is 0 Å². The Bertz CT molecular complexity index is 327. The van der Waals surface area contributed by atoms with Gasteiger partial charge in [-0.1, -0.05) is 0 Å². The second-order valence-corrected chi connectivity index (χ2v) is 6.61.